The van der Waals surface area contributed by atoms with Crippen molar-refractivity contribution in [2.24, 2.45) is 0 Å². The molecule has 1 aromatic carbocycles. The Labute approximate surface area is 164 Å². The van der Waals surface area contributed by atoms with E-state index < -0.39 is 0 Å². The monoisotopic (exact) mass is 433 g/mol. The topological polar surface area (TPSA) is 86.3 Å². The predicted molar refractivity (Wildman–Crippen MR) is 107 cm³/mol. The second-order valence-electron chi connectivity index (χ2n) is 5.96. The molecule has 0 radical (unpaired) electrons. The van der Waals surface area contributed by atoms with E-state index in [1.165, 1.54) is 14.2 Å². The van der Waals surface area contributed by atoms with Crippen molar-refractivity contribution in [3.05, 3.63) is 39.7 Å². The quantitative estimate of drug-likeness (QED) is 0.599. The van der Waals surface area contributed by atoms with Gasteiger partial charge in [0.05, 0.1) is 20.8 Å². The van der Waals surface area contributed by atoms with Crippen LogP contribution in [-0.4, -0.2) is 41.1 Å². The Hall–Kier alpha value is -2.61. The number of hydrogen-bond donors (Lipinski definition) is 1. The number of ether oxygens (including phenoxy) is 3. The minimum Gasteiger partial charge on any atom is -0.496 e. The third-order valence-corrected chi connectivity index (χ3v) is 4.43. The van der Waals surface area contributed by atoms with Crippen LogP contribution in [-0.2, 0) is 0 Å². The Kier molecular flexibility index (Phi) is 5.65. The number of methoxy groups -OCH3 is 2. The summed E-state index contributed by atoms with van der Waals surface area (Å²) in [7, 11) is 2.99. The lowest BCUT2D eigenvalue weighted by atomic mass is 10.0. The summed E-state index contributed by atoms with van der Waals surface area (Å²) in [6.07, 6.45) is 0. The zero-order chi connectivity index (χ0) is 19.6. The van der Waals surface area contributed by atoms with Gasteiger partial charge in [-0.1, -0.05) is 15.9 Å². The third kappa shape index (κ3) is 3.75. The lowest BCUT2D eigenvalue weighted by Crippen LogP contribution is -2.12. The number of hydrogen-bond acceptors (Lipinski definition) is 6. The first-order chi connectivity index (χ1) is 13.0. The Morgan fingerprint density at radius 1 is 1.07 bits per heavy atom. The lowest BCUT2D eigenvalue weighted by molar-refractivity contribution is 0.340. The Bertz CT molecular complexity index is 1030. The number of rotatable bonds is 6. The van der Waals surface area contributed by atoms with Gasteiger partial charge in [-0.25, -0.2) is 4.98 Å². The number of H-pyrrole nitrogens is 1. The van der Waals surface area contributed by atoms with Crippen molar-refractivity contribution in [3.8, 4) is 28.8 Å². The fourth-order valence-corrected chi connectivity index (χ4v) is 3.10. The highest BCUT2D eigenvalue weighted by Crippen LogP contribution is 2.30. The molecule has 0 saturated heterocycles. The smallest absolute Gasteiger partial charge is 0.264 e. The molecule has 2 aromatic heterocycles. The van der Waals surface area contributed by atoms with E-state index in [-0.39, 0.29) is 16.6 Å². The highest BCUT2D eigenvalue weighted by Gasteiger charge is 2.15. The average molecular weight is 434 g/mol. The van der Waals surface area contributed by atoms with Crippen LogP contribution in [0.5, 0.6) is 17.4 Å². The van der Waals surface area contributed by atoms with Crippen molar-refractivity contribution in [1.82, 2.24) is 15.0 Å². The standard InChI is InChI=1S/C19H20BrN3O4/c1-10-7-12(8-11(2)16(10)27-6-5-20)17-22-18-15(19(24)23-17)13(25-3)9-14(21-18)26-4/h7-9H,5-6H2,1-4H3,(H,21,22,23,24). The minimum atomic E-state index is -0.322. The first kappa shape index (κ1) is 19.2. The van der Waals surface area contributed by atoms with E-state index in [0.717, 1.165) is 27.8 Å². The third-order valence-electron chi connectivity index (χ3n) is 4.10. The molecule has 27 heavy (non-hydrogen) atoms. The Balaban J connectivity index is 2.16. The fourth-order valence-electron chi connectivity index (χ4n) is 2.94. The van der Waals surface area contributed by atoms with Gasteiger partial charge in [0.1, 0.15) is 22.7 Å². The SMILES string of the molecule is COc1cc(OC)c2c(=O)[nH]c(-c3cc(C)c(OCCBr)c(C)c3)nc2n1. The van der Waals surface area contributed by atoms with Crippen molar-refractivity contribution in [2.45, 2.75) is 13.8 Å². The van der Waals surface area contributed by atoms with Gasteiger partial charge >= 0.3 is 0 Å². The molecule has 0 bridgehead atoms. The summed E-state index contributed by atoms with van der Waals surface area (Å²) in [5.41, 5.74) is 2.64. The van der Waals surface area contributed by atoms with Crippen LogP contribution in [0.4, 0.5) is 0 Å². The average Bonchev–Trinajstić information content (AvgIpc) is 2.66. The maximum Gasteiger partial charge on any atom is 0.264 e. The summed E-state index contributed by atoms with van der Waals surface area (Å²) in [6.45, 7) is 4.50. The van der Waals surface area contributed by atoms with Crippen LogP contribution in [0, 0.1) is 13.8 Å². The fraction of sp³-hybridized carbons (Fsp3) is 0.316. The van der Waals surface area contributed by atoms with Crippen LogP contribution >= 0.6 is 15.9 Å². The van der Waals surface area contributed by atoms with Gasteiger partial charge in [-0.05, 0) is 37.1 Å². The molecule has 142 valence electrons. The molecule has 1 N–H and O–H groups in total. The van der Waals surface area contributed by atoms with Gasteiger partial charge in [0.25, 0.3) is 5.56 Å². The van der Waals surface area contributed by atoms with Crippen molar-refractivity contribution in [3.63, 3.8) is 0 Å². The van der Waals surface area contributed by atoms with Crippen LogP contribution in [0.15, 0.2) is 23.0 Å². The Morgan fingerprint density at radius 3 is 2.37 bits per heavy atom. The van der Waals surface area contributed by atoms with E-state index >= 15 is 0 Å². The van der Waals surface area contributed by atoms with E-state index in [1.807, 2.05) is 26.0 Å². The molecule has 0 aliphatic heterocycles. The molecule has 3 aromatic rings. The molecular weight excluding hydrogens is 414 g/mol. The van der Waals surface area contributed by atoms with Crippen LogP contribution in [0.1, 0.15) is 11.1 Å². The zero-order valence-corrected chi connectivity index (χ0v) is 17.1. The normalized spacial score (nSPS) is 10.9. The van der Waals surface area contributed by atoms with E-state index in [2.05, 4.69) is 30.9 Å². The maximum atomic E-state index is 12.6. The summed E-state index contributed by atoms with van der Waals surface area (Å²) in [4.78, 5) is 24.3. The van der Waals surface area contributed by atoms with Crippen molar-refractivity contribution >= 4 is 27.0 Å². The van der Waals surface area contributed by atoms with Gasteiger partial charge in [0, 0.05) is 17.0 Å². The van der Waals surface area contributed by atoms with Crippen molar-refractivity contribution in [2.75, 3.05) is 26.2 Å². The summed E-state index contributed by atoms with van der Waals surface area (Å²) < 4.78 is 16.2. The summed E-state index contributed by atoms with van der Waals surface area (Å²) in [5, 5.41) is 1.04. The number of alkyl halides is 1. The number of pyridine rings is 1. The first-order valence-corrected chi connectivity index (χ1v) is 9.44. The lowest BCUT2D eigenvalue weighted by Gasteiger charge is -2.13. The number of halogens is 1. The van der Waals surface area contributed by atoms with E-state index in [9.17, 15) is 4.79 Å². The van der Waals surface area contributed by atoms with Crippen LogP contribution in [0.3, 0.4) is 0 Å². The second-order valence-corrected chi connectivity index (χ2v) is 6.75. The number of nitrogens with one attached hydrogen (secondary N) is 1. The summed E-state index contributed by atoms with van der Waals surface area (Å²) in [5.74, 6) is 1.95. The van der Waals surface area contributed by atoms with Crippen LogP contribution < -0.4 is 19.8 Å². The van der Waals surface area contributed by atoms with Gasteiger partial charge in [-0.15, -0.1) is 0 Å². The molecule has 0 unspecified atom stereocenters. The van der Waals surface area contributed by atoms with Gasteiger partial charge in [0.2, 0.25) is 5.88 Å². The number of benzene rings is 1. The molecule has 0 fully saturated rings. The van der Waals surface area contributed by atoms with Gasteiger partial charge in [-0.2, -0.15) is 4.98 Å². The largest absolute Gasteiger partial charge is 0.496 e. The van der Waals surface area contributed by atoms with Gasteiger partial charge in [-0.3, -0.25) is 4.79 Å². The molecule has 7 nitrogen and oxygen atoms in total. The second kappa shape index (κ2) is 7.96. The molecule has 0 atom stereocenters. The number of aromatic amines is 1. The summed E-state index contributed by atoms with van der Waals surface area (Å²) in [6, 6.07) is 5.42. The molecule has 0 spiro atoms. The molecular formula is C19H20BrN3O4. The van der Waals surface area contributed by atoms with Crippen LogP contribution in [0.25, 0.3) is 22.4 Å². The number of aromatic nitrogens is 3. The molecule has 0 saturated carbocycles. The highest BCUT2D eigenvalue weighted by molar-refractivity contribution is 9.09. The maximum absolute atomic E-state index is 12.6. The molecule has 0 aliphatic rings. The number of aryl methyl sites for hydroxylation is 2. The minimum absolute atomic E-state index is 0.264. The molecule has 0 amide bonds. The van der Waals surface area contributed by atoms with Gasteiger partial charge in [0.15, 0.2) is 5.65 Å². The van der Waals surface area contributed by atoms with E-state index in [1.54, 1.807) is 6.07 Å². The highest BCUT2D eigenvalue weighted by atomic mass is 79.9. The predicted octanol–water partition coefficient (Wildman–Crippen LogP) is 3.39. The molecule has 8 heteroatoms. The first-order valence-electron chi connectivity index (χ1n) is 8.32. The molecule has 0 aliphatic carbocycles. The van der Waals surface area contributed by atoms with E-state index in [0.29, 0.717) is 24.1 Å². The van der Waals surface area contributed by atoms with Crippen LogP contribution in [0.2, 0.25) is 0 Å². The van der Waals surface area contributed by atoms with Crippen molar-refractivity contribution in [1.29, 1.82) is 0 Å². The van der Waals surface area contributed by atoms with E-state index in [4.69, 9.17) is 14.2 Å². The summed E-state index contributed by atoms with van der Waals surface area (Å²) >= 11 is 3.36. The Morgan fingerprint density at radius 2 is 1.78 bits per heavy atom. The molecule has 2 heterocycles. The number of nitrogens with zero attached hydrogens (tertiary/aromatic N) is 2. The molecule has 3 rings (SSSR count). The number of fused-ring (bicyclic) bond motifs is 1. The zero-order valence-electron chi connectivity index (χ0n) is 15.6. The van der Waals surface area contributed by atoms with Crippen molar-refractivity contribution < 1.29 is 14.2 Å². The van der Waals surface area contributed by atoms with Gasteiger partial charge < -0.3 is 19.2 Å².